The topological polar surface area (TPSA) is 18.5 Å². The van der Waals surface area contributed by atoms with Crippen LogP contribution in [0.5, 0.6) is 0 Å². The zero-order valence-corrected chi connectivity index (χ0v) is 12.1. The third-order valence-electron chi connectivity index (χ3n) is 3.40. The molecule has 1 aromatic heterocycles. The predicted octanol–water partition coefficient (Wildman–Crippen LogP) is 3.12. The smallest absolute Gasteiger partial charge is 0.406 e. The maximum atomic E-state index is 13.3. The fourth-order valence-corrected chi connectivity index (χ4v) is 3.47. The molecule has 100 valence electrons. The van der Waals surface area contributed by atoms with E-state index in [1.54, 1.807) is 17.4 Å². The van der Waals surface area contributed by atoms with Gasteiger partial charge in [-0.15, -0.1) is 11.3 Å². The molecular formula is C14H16BFO2S. The van der Waals surface area contributed by atoms with Gasteiger partial charge in [-0.05, 0) is 36.1 Å². The molecule has 0 N–H and O–H groups in total. The molecule has 0 spiro atoms. The second kappa shape index (κ2) is 4.58. The summed E-state index contributed by atoms with van der Waals surface area (Å²) in [4.78, 5) is 0. The van der Waals surface area contributed by atoms with Gasteiger partial charge in [0.25, 0.3) is 0 Å². The van der Waals surface area contributed by atoms with Crippen LogP contribution in [0.1, 0.15) is 19.4 Å². The van der Waals surface area contributed by atoms with E-state index < -0.39 is 0 Å². The fourth-order valence-electron chi connectivity index (χ4n) is 2.28. The van der Waals surface area contributed by atoms with Crippen LogP contribution in [0, 0.1) is 18.2 Å². The molecule has 0 bridgehead atoms. The number of fused-ring (bicyclic) bond motifs is 1. The minimum absolute atomic E-state index is 0.0627. The van der Waals surface area contributed by atoms with Crippen LogP contribution in [0.4, 0.5) is 4.39 Å². The van der Waals surface area contributed by atoms with Crippen molar-refractivity contribution in [1.82, 2.24) is 0 Å². The minimum atomic E-state index is -0.312. The summed E-state index contributed by atoms with van der Waals surface area (Å²) in [6, 6.07) is 4.89. The van der Waals surface area contributed by atoms with Gasteiger partial charge in [-0.2, -0.15) is 0 Å². The Morgan fingerprint density at radius 1 is 1.26 bits per heavy atom. The quantitative estimate of drug-likeness (QED) is 0.746. The maximum Gasteiger partial charge on any atom is 0.504 e. The van der Waals surface area contributed by atoms with Crippen molar-refractivity contribution in [2.24, 2.45) is 5.41 Å². The molecular weight excluding hydrogens is 262 g/mol. The van der Waals surface area contributed by atoms with E-state index in [0.29, 0.717) is 13.2 Å². The highest BCUT2D eigenvalue weighted by Gasteiger charge is 2.35. The van der Waals surface area contributed by atoms with E-state index in [1.165, 1.54) is 6.07 Å². The molecule has 1 aliphatic heterocycles. The van der Waals surface area contributed by atoms with Crippen LogP contribution in [-0.2, 0) is 9.31 Å². The summed E-state index contributed by atoms with van der Waals surface area (Å²) in [6.07, 6.45) is 0. The van der Waals surface area contributed by atoms with E-state index in [-0.39, 0.29) is 18.4 Å². The Hall–Kier alpha value is -0.905. The zero-order chi connectivity index (χ0) is 13.6. The number of hydrogen-bond acceptors (Lipinski definition) is 3. The summed E-state index contributed by atoms with van der Waals surface area (Å²) in [5, 5.41) is 0.956. The largest absolute Gasteiger partial charge is 0.504 e. The van der Waals surface area contributed by atoms with Crippen LogP contribution in [0.15, 0.2) is 18.2 Å². The third kappa shape index (κ3) is 2.42. The molecule has 2 nitrogen and oxygen atoms in total. The van der Waals surface area contributed by atoms with Gasteiger partial charge < -0.3 is 9.31 Å². The molecule has 1 saturated heterocycles. The van der Waals surface area contributed by atoms with Gasteiger partial charge in [-0.25, -0.2) is 4.39 Å². The van der Waals surface area contributed by atoms with Crippen LogP contribution in [0.2, 0.25) is 0 Å². The van der Waals surface area contributed by atoms with E-state index in [0.717, 1.165) is 20.4 Å². The molecule has 19 heavy (non-hydrogen) atoms. The van der Waals surface area contributed by atoms with Gasteiger partial charge in [-0.1, -0.05) is 13.8 Å². The average Bonchev–Trinajstić information content (AvgIpc) is 2.67. The summed E-state index contributed by atoms with van der Waals surface area (Å²) in [6.45, 7) is 7.60. The van der Waals surface area contributed by atoms with Gasteiger partial charge in [0.1, 0.15) is 5.82 Å². The second-order valence-electron chi connectivity index (χ2n) is 5.85. The standard InChI is InChI=1S/C14H16BFO2S/c1-9-11-6-10(16)4-5-12(11)19-13(9)15-17-7-14(2,3)8-18-15/h4-6H,7-8H2,1-3H3. The number of aryl methyl sites for hydroxylation is 1. The Bertz CT molecular complexity index is 613. The number of benzene rings is 1. The van der Waals surface area contributed by atoms with E-state index in [4.69, 9.17) is 9.31 Å². The highest BCUT2D eigenvalue weighted by molar-refractivity contribution is 7.28. The first kappa shape index (κ1) is 13.1. The lowest BCUT2D eigenvalue weighted by Crippen LogP contribution is -2.47. The Morgan fingerprint density at radius 3 is 2.63 bits per heavy atom. The molecule has 2 aromatic rings. The van der Waals surface area contributed by atoms with E-state index in [2.05, 4.69) is 13.8 Å². The summed E-state index contributed by atoms with van der Waals surface area (Å²) in [5.41, 5.74) is 1.12. The summed E-state index contributed by atoms with van der Waals surface area (Å²) >= 11 is 1.62. The Balaban J connectivity index is 1.95. The number of halogens is 1. The number of rotatable bonds is 1. The molecule has 1 fully saturated rings. The first-order valence-corrected chi connectivity index (χ1v) is 7.20. The summed E-state index contributed by atoms with van der Waals surface area (Å²) < 4.78 is 27.1. The molecule has 1 aliphatic rings. The molecule has 0 radical (unpaired) electrons. The summed E-state index contributed by atoms with van der Waals surface area (Å²) in [7, 11) is -0.312. The van der Waals surface area contributed by atoms with Crippen LogP contribution in [0.3, 0.4) is 0 Å². The molecule has 0 atom stereocenters. The highest BCUT2D eigenvalue weighted by atomic mass is 32.1. The third-order valence-corrected chi connectivity index (χ3v) is 4.69. The zero-order valence-electron chi connectivity index (χ0n) is 11.3. The molecule has 1 aromatic carbocycles. The number of hydrogen-bond donors (Lipinski definition) is 0. The van der Waals surface area contributed by atoms with E-state index in [9.17, 15) is 4.39 Å². The first-order valence-electron chi connectivity index (χ1n) is 6.38. The van der Waals surface area contributed by atoms with Gasteiger partial charge in [0.05, 0.1) is 0 Å². The van der Waals surface area contributed by atoms with Crippen molar-refractivity contribution in [2.75, 3.05) is 13.2 Å². The van der Waals surface area contributed by atoms with Crippen molar-refractivity contribution < 1.29 is 13.7 Å². The Labute approximate surface area is 116 Å². The average molecular weight is 278 g/mol. The SMILES string of the molecule is Cc1c(B2OCC(C)(C)CO2)sc2ccc(F)cc12. The van der Waals surface area contributed by atoms with Gasteiger partial charge in [0, 0.05) is 28.1 Å². The molecule has 2 heterocycles. The summed E-state index contributed by atoms with van der Waals surface area (Å²) in [5.74, 6) is -0.202. The van der Waals surface area contributed by atoms with Crippen LogP contribution in [-0.4, -0.2) is 20.3 Å². The van der Waals surface area contributed by atoms with Crippen molar-refractivity contribution in [1.29, 1.82) is 0 Å². The molecule has 0 saturated carbocycles. The fraction of sp³-hybridized carbons (Fsp3) is 0.429. The first-order chi connectivity index (χ1) is 8.96. The Kier molecular flexibility index (Phi) is 3.16. The second-order valence-corrected chi connectivity index (χ2v) is 6.93. The van der Waals surface area contributed by atoms with Crippen molar-refractivity contribution in [3.63, 3.8) is 0 Å². The van der Waals surface area contributed by atoms with Crippen molar-refractivity contribution in [3.05, 3.63) is 29.6 Å². The lowest BCUT2D eigenvalue weighted by molar-refractivity contribution is 0.0346. The highest BCUT2D eigenvalue weighted by Crippen LogP contribution is 2.28. The maximum absolute atomic E-state index is 13.3. The Morgan fingerprint density at radius 2 is 1.95 bits per heavy atom. The molecule has 3 rings (SSSR count). The predicted molar refractivity (Wildman–Crippen MR) is 77.6 cm³/mol. The van der Waals surface area contributed by atoms with Gasteiger partial charge in [0.2, 0.25) is 0 Å². The van der Waals surface area contributed by atoms with Crippen molar-refractivity contribution in [3.8, 4) is 0 Å². The molecule has 0 amide bonds. The molecule has 0 aliphatic carbocycles. The van der Waals surface area contributed by atoms with Crippen LogP contribution >= 0.6 is 11.3 Å². The molecule has 0 unspecified atom stereocenters. The van der Waals surface area contributed by atoms with Crippen molar-refractivity contribution >= 4 is 33.3 Å². The van der Waals surface area contributed by atoms with Crippen LogP contribution < -0.4 is 4.78 Å². The molecule has 5 heteroatoms. The van der Waals surface area contributed by atoms with Crippen molar-refractivity contribution in [2.45, 2.75) is 20.8 Å². The van der Waals surface area contributed by atoms with Gasteiger partial charge in [0.15, 0.2) is 0 Å². The monoisotopic (exact) mass is 278 g/mol. The lowest BCUT2D eigenvalue weighted by Gasteiger charge is -2.32. The van der Waals surface area contributed by atoms with Gasteiger partial charge >= 0.3 is 7.12 Å². The van der Waals surface area contributed by atoms with Gasteiger partial charge in [-0.3, -0.25) is 0 Å². The lowest BCUT2D eigenvalue weighted by atomic mass is 9.80. The minimum Gasteiger partial charge on any atom is -0.406 e. The van der Waals surface area contributed by atoms with E-state index in [1.807, 2.05) is 13.0 Å². The van der Waals surface area contributed by atoms with E-state index >= 15 is 0 Å². The van der Waals surface area contributed by atoms with Crippen LogP contribution in [0.25, 0.3) is 10.1 Å². The normalized spacial score (nSPS) is 19.1. The number of thiophene rings is 1.